The van der Waals surface area contributed by atoms with Gasteiger partial charge in [0.15, 0.2) is 0 Å². The molecule has 0 unspecified atom stereocenters. The van der Waals surface area contributed by atoms with Gasteiger partial charge in [-0.25, -0.2) is 0 Å². The molecule has 4 nitrogen and oxygen atoms in total. The Morgan fingerprint density at radius 1 is 1.00 bits per heavy atom. The molecule has 0 aliphatic rings. The second kappa shape index (κ2) is 9.70. The van der Waals surface area contributed by atoms with Crippen LogP contribution in [-0.4, -0.2) is 28.9 Å². The highest BCUT2D eigenvalue weighted by Crippen LogP contribution is 2.26. The average molecular weight is 320 g/mol. The van der Waals surface area contributed by atoms with E-state index in [9.17, 15) is 9.59 Å². The van der Waals surface area contributed by atoms with Crippen LogP contribution in [0.15, 0.2) is 0 Å². The van der Waals surface area contributed by atoms with Crippen molar-refractivity contribution in [3.05, 3.63) is 0 Å². The molecule has 0 amide bonds. The van der Waals surface area contributed by atoms with Crippen molar-refractivity contribution in [3.8, 4) is 0 Å². The number of unbranched alkanes of at least 4 members (excludes halogenated alkanes) is 1. The molecule has 0 fully saturated rings. The molecule has 0 aromatic heterocycles. The van der Waals surface area contributed by atoms with Crippen molar-refractivity contribution in [1.82, 2.24) is 0 Å². The number of ether oxygens (including phenoxy) is 2. The highest BCUT2D eigenvalue weighted by Gasteiger charge is 2.22. The standard InChI is InChI=1S/C11H17Cl3O4/c1-2-3-7-17-9(15)5-4-6-10(16)18-8-11(12,13)14/h2-8H2,1H3. The summed E-state index contributed by atoms with van der Waals surface area (Å²) in [7, 11) is 0. The lowest BCUT2D eigenvalue weighted by atomic mass is 10.2. The van der Waals surface area contributed by atoms with Crippen molar-refractivity contribution in [2.75, 3.05) is 13.2 Å². The van der Waals surface area contributed by atoms with Crippen LogP contribution in [0.25, 0.3) is 0 Å². The Kier molecular flexibility index (Phi) is 9.60. The SMILES string of the molecule is CCCCOC(=O)CCCC(=O)OCC(Cl)(Cl)Cl. The lowest BCUT2D eigenvalue weighted by Crippen LogP contribution is -2.17. The molecule has 0 aliphatic carbocycles. The third-order valence-electron chi connectivity index (χ3n) is 1.92. The number of hydrogen-bond donors (Lipinski definition) is 0. The van der Waals surface area contributed by atoms with Crippen molar-refractivity contribution in [2.45, 2.75) is 42.8 Å². The van der Waals surface area contributed by atoms with Gasteiger partial charge in [0, 0.05) is 12.8 Å². The molecule has 0 radical (unpaired) electrons. The van der Waals surface area contributed by atoms with Crippen molar-refractivity contribution in [2.24, 2.45) is 0 Å². The van der Waals surface area contributed by atoms with Gasteiger partial charge in [-0.3, -0.25) is 9.59 Å². The van der Waals surface area contributed by atoms with Gasteiger partial charge in [-0.2, -0.15) is 0 Å². The van der Waals surface area contributed by atoms with E-state index in [-0.39, 0.29) is 25.4 Å². The Morgan fingerprint density at radius 2 is 1.56 bits per heavy atom. The van der Waals surface area contributed by atoms with Gasteiger partial charge in [-0.1, -0.05) is 48.1 Å². The van der Waals surface area contributed by atoms with Gasteiger partial charge in [0.2, 0.25) is 3.79 Å². The maximum absolute atomic E-state index is 11.2. The number of esters is 2. The van der Waals surface area contributed by atoms with E-state index in [1.807, 2.05) is 6.92 Å². The fourth-order valence-corrected chi connectivity index (χ4v) is 1.18. The molecule has 0 rings (SSSR count). The van der Waals surface area contributed by atoms with Crippen LogP contribution in [0.2, 0.25) is 0 Å². The summed E-state index contributed by atoms with van der Waals surface area (Å²) >= 11 is 16.2. The van der Waals surface area contributed by atoms with E-state index in [1.54, 1.807) is 0 Å². The molecule has 0 aromatic carbocycles. The van der Waals surface area contributed by atoms with E-state index < -0.39 is 9.76 Å². The smallest absolute Gasteiger partial charge is 0.305 e. The molecule has 0 aromatic rings. The van der Waals surface area contributed by atoms with Gasteiger partial charge in [0.25, 0.3) is 0 Å². The number of carbonyl (C=O) groups excluding carboxylic acids is 2. The van der Waals surface area contributed by atoms with Crippen LogP contribution in [0, 0.1) is 0 Å². The first-order valence-electron chi connectivity index (χ1n) is 5.73. The molecule has 0 heterocycles. The monoisotopic (exact) mass is 318 g/mol. The quantitative estimate of drug-likeness (QED) is 0.391. The van der Waals surface area contributed by atoms with Crippen molar-refractivity contribution >= 4 is 46.7 Å². The zero-order chi connectivity index (χ0) is 14.0. The molecule has 0 atom stereocenters. The first-order chi connectivity index (χ1) is 8.35. The zero-order valence-electron chi connectivity index (χ0n) is 10.2. The lowest BCUT2D eigenvalue weighted by Gasteiger charge is -2.11. The summed E-state index contributed by atoms with van der Waals surface area (Å²) < 4.78 is 8.02. The van der Waals surface area contributed by atoms with Crippen molar-refractivity contribution < 1.29 is 19.1 Å². The van der Waals surface area contributed by atoms with Crippen LogP contribution in [0.1, 0.15) is 39.0 Å². The minimum atomic E-state index is -1.60. The predicted molar refractivity (Wildman–Crippen MR) is 71.0 cm³/mol. The summed E-state index contributed by atoms with van der Waals surface area (Å²) in [5.74, 6) is -0.805. The van der Waals surface area contributed by atoms with E-state index in [0.717, 1.165) is 12.8 Å². The molecular weight excluding hydrogens is 302 g/mol. The third kappa shape index (κ3) is 12.3. The normalized spacial score (nSPS) is 11.1. The highest BCUT2D eigenvalue weighted by atomic mass is 35.6. The van der Waals surface area contributed by atoms with Crippen LogP contribution in [0.3, 0.4) is 0 Å². The molecular formula is C11H17Cl3O4. The molecule has 7 heteroatoms. The van der Waals surface area contributed by atoms with Gasteiger partial charge in [-0.05, 0) is 12.8 Å². The maximum atomic E-state index is 11.2. The Hall–Kier alpha value is -0.190. The second-order valence-electron chi connectivity index (χ2n) is 3.70. The highest BCUT2D eigenvalue weighted by molar-refractivity contribution is 6.67. The zero-order valence-corrected chi connectivity index (χ0v) is 12.5. The third-order valence-corrected chi connectivity index (χ3v) is 2.25. The van der Waals surface area contributed by atoms with E-state index in [2.05, 4.69) is 0 Å². The number of alkyl halides is 3. The van der Waals surface area contributed by atoms with E-state index in [4.69, 9.17) is 44.3 Å². The summed E-state index contributed by atoms with van der Waals surface area (Å²) in [4.78, 5) is 22.4. The Labute approximate surface area is 122 Å². The van der Waals surface area contributed by atoms with E-state index in [0.29, 0.717) is 13.0 Å². The van der Waals surface area contributed by atoms with Gasteiger partial charge in [-0.15, -0.1) is 0 Å². The van der Waals surface area contributed by atoms with Gasteiger partial charge >= 0.3 is 11.9 Å². The summed E-state index contributed by atoms with van der Waals surface area (Å²) in [5.41, 5.74) is 0. The molecule has 0 bridgehead atoms. The molecule has 0 saturated carbocycles. The molecule has 0 N–H and O–H groups in total. The van der Waals surface area contributed by atoms with Gasteiger partial charge in [0.05, 0.1) is 6.61 Å². The van der Waals surface area contributed by atoms with Gasteiger partial charge < -0.3 is 9.47 Å². The van der Waals surface area contributed by atoms with Crippen molar-refractivity contribution in [3.63, 3.8) is 0 Å². The van der Waals surface area contributed by atoms with Gasteiger partial charge in [0.1, 0.15) is 6.61 Å². The van der Waals surface area contributed by atoms with Crippen LogP contribution < -0.4 is 0 Å². The molecule has 0 spiro atoms. The Balaban J connectivity index is 3.53. The minimum Gasteiger partial charge on any atom is -0.466 e. The number of carbonyl (C=O) groups is 2. The van der Waals surface area contributed by atoms with Crippen LogP contribution in [0.5, 0.6) is 0 Å². The van der Waals surface area contributed by atoms with Crippen LogP contribution in [-0.2, 0) is 19.1 Å². The molecule has 0 aliphatic heterocycles. The fraction of sp³-hybridized carbons (Fsp3) is 0.818. The second-order valence-corrected chi connectivity index (χ2v) is 6.22. The Bertz CT molecular complexity index is 264. The lowest BCUT2D eigenvalue weighted by molar-refractivity contribution is -0.145. The average Bonchev–Trinajstić information content (AvgIpc) is 2.26. The topological polar surface area (TPSA) is 52.6 Å². The molecule has 106 valence electrons. The number of halogens is 3. The predicted octanol–water partition coefficient (Wildman–Crippen LogP) is 3.41. The molecule has 0 saturated heterocycles. The van der Waals surface area contributed by atoms with E-state index in [1.165, 1.54) is 0 Å². The number of rotatable bonds is 8. The number of hydrogen-bond acceptors (Lipinski definition) is 4. The van der Waals surface area contributed by atoms with Crippen LogP contribution >= 0.6 is 34.8 Å². The maximum Gasteiger partial charge on any atom is 0.305 e. The Morgan fingerprint density at radius 3 is 2.06 bits per heavy atom. The largest absolute Gasteiger partial charge is 0.466 e. The summed E-state index contributed by atoms with van der Waals surface area (Å²) in [6, 6.07) is 0. The fourth-order valence-electron chi connectivity index (χ4n) is 1.01. The minimum absolute atomic E-state index is 0.101. The summed E-state index contributed by atoms with van der Waals surface area (Å²) in [6.45, 7) is 2.14. The summed E-state index contributed by atoms with van der Waals surface area (Å²) in [5, 5.41) is 0. The van der Waals surface area contributed by atoms with Crippen LogP contribution in [0.4, 0.5) is 0 Å². The summed E-state index contributed by atoms with van der Waals surface area (Å²) in [6.07, 6.45) is 2.47. The first-order valence-corrected chi connectivity index (χ1v) is 6.86. The van der Waals surface area contributed by atoms with E-state index >= 15 is 0 Å². The van der Waals surface area contributed by atoms with Crippen molar-refractivity contribution in [1.29, 1.82) is 0 Å². The first kappa shape index (κ1) is 17.8. The molecule has 18 heavy (non-hydrogen) atoms.